The predicted molar refractivity (Wildman–Crippen MR) is 158 cm³/mol. The molecule has 0 aliphatic carbocycles. The van der Waals surface area contributed by atoms with Crippen LogP contribution in [0.25, 0.3) is 0 Å². The van der Waals surface area contributed by atoms with Crippen LogP contribution in [0.15, 0.2) is 78.0 Å². The molecule has 0 bridgehead atoms. The van der Waals surface area contributed by atoms with E-state index in [0.29, 0.717) is 18.1 Å². The van der Waals surface area contributed by atoms with E-state index in [-0.39, 0.29) is 44.3 Å². The van der Waals surface area contributed by atoms with Gasteiger partial charge in [-0.25, -0.2) is 0 Å². The number of rotatable bonds is 9. The van der Waals surface area contributed by atoms with Crippen molar-refractivity contribution in [1.29, 1.82) is 0 Å². The summed E-state index contributed by atoms with van der Waals surface area (Å²) >= 11 is 0. The summed E-state index contributed by atoms with van der Waals surface area (Å²) in [7, 11) is 2.48. The second-order valence-corrected chi connectivity index (χ2v) is 13.0. The van der Waals surface area contributed by atoms with Crippen LogP contribution >= 0.6 is 7.92 Å². The van der Waals surface area contributed by atoms with E-state index in [1.54, 1.807) is 14.2 Å². The molecule has 9 heteroatoms. The summed E-state index contributed by atoms with van der Waals surface area (Å²) in [5.74, 6) is 2.22. The van der Waals surface area contributed by atoms with Crippen molar-refractivity contribution >= 4 is 24.2 Å². The Labute approximate surface area is 263 Å². The Morgan fingerprint density at radius 3 is 2.08 bits per heavy atom. The molecule has 3 heterocycles. The van der Waals surface area contributed by atoms with E-state index < -0.39 is 7.92 Å². The number of hydrogen-bond acceptors (Lipinski definition) is 7. The van der Waals surface area contributed by atoms with Gasteiger partial charge in [0, 0.05) is 83.2 Å². The van der Waals surface area contributed by atoms with E-state index in [0.717, 1.165) is 56.3 Å². The minimum atomic E-state index is -0.798. The molecule has 40 heavy (non-hydrogen) atoms. The molecular weight excluding hydrogens is 740 g/mol. The predicted octanol–water partition coefficient (Wildman–Crippen LogP) is 3.30. The van der Waals surface area contributed by atoms with E-state index >= 15 is 0 Å². The second-order valence-electron chi connectivity index (χ2n) is 10.3. The van der Waals surface area contributed by atoms with Crippen molar-refractivity contribution in [2.45, 2.75) is 6.10 Å². The first-order valence-electron chi connectivity index (χ1n) is 13.8. The molecule has 1 saturated heterocycles. The van der Waals surface area contributed by atoms with Crippen LogP contribution in [-0.4, -0.2) is 87.9 Å². The van der Waals surface area contributed by atoms with E-state index in [1.807, 2.05) is 12.1 Å². The molecule has 1 radical (unpaired) electrons. The summed E-state index contributed by atoms with van der Waals surface area (Å²) in [6, 6.07) is 25.9. The molecular formula is C31H37N3O4PPa+. The Balaban J connectivity index is 0.00000323. The number of oxime groups is 1. The number of piperazine rings is 1. The molecule has 1 fully saturated rings. The van der Waals surface area contributed by atoms with Crippen molar-refractivity contribution in [3.8, 4) is 17.2 Å². The minimum absolute atomic E-state index is 0. The summed E-state index contributed by atoms with van der Waals surface area (Å²) < 4.78 is 17.1. The molecule has 0 spiro atoms. The summed E-state index contributed by atoms with van der Waals surface area (Å²) in [5, 5.41) is 7.49. The number of methoxy groups -OCH3 is 2. The third kappa shape index (κ3) is 6.39. The quantitative estimate of drug-likeness (QED) is 0.312. The largest absolute Gasteiger partial charge is 0.493 e. The zero-order chi connectivity index (χ0) is 26.6. The van der Waals surface area contributed by atoms with Gasteiger partial charge < -0.3 is 19.0 Å². The van der Waals surface area contributed by atoms with Crippen LogP contribution < -0.4 is 24.8 Å². The number of hydrogen-bond donors (Lipinski definition) is 0. The zero-order valence-electron chi connectivity index (χ0n) is 23.3. The molecule has 7 nitrogen and oxygen atoms in total. The summed E-state index contributed by atoms with van der Waals surface area (Å²) in [6.45, 7) is 6.82. The van der Waals surface area contributed by atoms with Gasteiger partial charge in [-0.1, -0.05) is 41.6 Å². The van der Waals surface area contributed by atoms with Gasteiger partial charge in [-0.05, 0) is 30.3 Å². The fourth-order valence-electron chi connectivity index (χ4n) is 5.85. The molecule has 3 aromatic rings. The van der Waals surface area contributed by atoms with Crippen molar-refractivity contribution < 1.29 is 51.4 Å². The first kappa shape index (κ1) is 29.5. The van der Waals surface area contributed by atoms with Crippen LogP contribution in [0.4, 0.5) is 0 Å². The summed E-state index contributed by atoms with van der Waals surface area (Å²) in [4.78, 5) is 11.1. The summed E-state index contributed by atoms with van der Waals surface area (Å²) in [6.07, 6.45) is 1.22. The van der Waals surface area contributed by atoms with Crippen LogP contribution in [-0.2, 0) is 4.84 Å². The van der Waals surface area contributed by atoms with Crippen molar-refractivity contribution in [1.82, 2.24) is 9.80 Å². The van der Waals surface area contributed by atoms with Gasteiger partial charge in [0.05, 0.1) is 44.8 Å². The maximum absolute atomic E-state index is 6.12. The Kier molecular flexibility index (Phi) is 10.1. The van der Waals surface area contributed by atoms with Crippen molar-refractivity contribution in [2.24, 2.45) is 11.1 Å². The third-order valence-electron chi connectivity index (χ3n) is 8.09. The van der Waals surface area contributed by atoms with Crippen molar-refractivity contribution in [3.63, 3.8) is 0 Å². The molecule has 0 saturated carbocycles. The average molecular weight is 778 g/mol. The molecule has 3 aliphatic rings. The maximum atomic E-state index is 6.12. The molecule has 3 aliphatic heterocycles. The molecule has 2 unspecified atom stereocenters. The standard InChI is InChI=1S/C31H36N3O4P.Pa/c1-35-28-19-25-27(20-29(28)36-2)37-22-26-30(38-32-31(25)26)21-34-15-13-33(14-16-34)17-18-39(23-9-5-3-6-10-23)24-11-7-4-8-12-24;/h3-12,19-20,26,30H,13-18,21-22H2,1-2H3;/p+1. The summed E-state index contributed by atoms with van der Waals surface area (Å²) in [5.41, 5.74) is 1.89. The maximum Gasteiger partial charge on any atom is 0.164 e. The van der Waals surface area contributed by atoms with Gasteiger partial charge in [0.15, 0.2) is 17.6 Å². The number of fused-ring (bicyclic) bond motifs is 3. The van der Waals surface area contributed by atoms with Gasteiger partial charge >= 0.3 is 0 Å². The SMILES string of the molecule is COc1cc2c(cc1OC)C1=NOC(CN3CCN(CC[PH+](c4ccccc4)c4ccccc4)CC3)C1CO2.[Pa]. The fourth-order valence-corrected chi connectivity index (χ4v) is 8.49. The fraction of sp³-hybridized carbons (Fsp3) is 0.387. The minimum Gasteiger partial charge on any atom is -0.493 e. The van der Waals surface area contributed by atoms with E-state index in [4.69, 9.17) is 19.0 Å². The van der Waals surface area contributed by atoms with Crippen LogP contribution in [0.2, 0.25) is 0 Å². The Morgan fingerprint density at radius 2 is 1.45 bits per heavy atom. The number of ether oxygens (including phenoxy) is 3. The van der Waals surface area contributed by atoms with Gasteiger partial charge in [-0.15, -0.1) is 0 Å². The van der Waals surface area contributed by atoms with Crippen LogP contribution in [0.5, 0.6) is 17.2 Å². The average Bonchev–Trinajstić information content (AvgIpc) is 3.41. The molecule has 3 aromatic carbocycles. The molecule has 0 amide bonds. The van der Waals surface area contributed by atoms with Crippen LogP contribution in [0.3, 0.4) is 0 Å². The topological polar surface area (TPSA) is 55.8 Å². The zero-order valence-corrected chi connectivity index (χ0v) is 29.1. The monoisotopic (exact) mass is 777 g/mol. The Hall–Kier alpha value is -2.03. The Morgan fingerprint density at radius 1 is 0.850 bits per heavy atom. The third-order valence-corrected chi connectivity index (χ3v) is 10.9. The van der Waals surface area contributed by atoms with Crippen molar-refractivity contribution in [2.75, 3.05) is 66.3 Å². The first-order valence-corrected chi connectivity index (χ1v) is 15.5. The molecule has 207 valence electrons. The molecule has 6 rings (SSSR count). The molecule has 0 aromatic heterocycles. The van der Waals surface area contributed by atoms with Crippen molar-refractivity contribution in [3.05, 3.63) is 78.4 Å². The number of nitrogens with zero attached hydrogens (tertiary/aromatic N) is 3. The van der Waals surface area contributed by atoms with E-state index in [1.165, 1.54) is 16.8 Å². The van der Waals surface area contributed by atoms with Crippen LogP contribution in [0.1, 0.15) is 5.56 Å². The molecule has 0 N–H and O–H groups in total. The smallest absolute Gasteiger partial charge is 0.164 e. The van der Waals surface area contributed by atoms with Crippen LogP contribution in [0, 0.1) is 38.2 Å². The van der Waals surface area contributed by atoms with Gasteiger partial charge in [-0.3, -0.25) is 9.80 Å². The molecule has 2 atom stereocenters. The van der Waals surface area contributed by atoms with Gasteiger partial charge in [-0.2, -0.15) is 0 Å². The first-order chi connectivity index (χ1) is 19.2. The van der Waals surface area contributed by atoms with Gasteiger partial charge in [0.1, 0.15) is 18.1 Å². The Bertz CT molecular complexity index is 1250. The van der Waals surface area contributed by atoms with Gasteiger partial charge in [0.25, 0.3) is 0 Å². The second kappa shape index (κ2) is 13.8. The number of benzene rings is 3. The van der Waals surface area contributed by atoms with E-state index in [9.17, 15) is 0 Å². The van der Waals surface area contributed by atoms with E-state index in [2.05, 4.69) is 75.6 Å². The normalized spacial score (nSPS) is 20.4. The van der Waals surface area contributed by atoms with Gasteiger partial charge in [0.2, 0.25) is 0 Å².